The van der Waals surface area contributed by atoms with Crippen molar-refractivity contribution in [2.24, 2.45) is 0 Å². The van der Waals surface area contributed by atoms with Gasteiger partial charge in [0, 0.05) is 5.56 Å². The molecule has 0 spiro atoms. The number of carbonyl (C=O) groups is 2. The number of carbonyl (C=O) groups excluding carboxylic acids is 2. The second-order valence-corrected chi connectivity index (χ2v) is 3.82. The normalized spacial score (nSPS) is 9.68. The number of aldehydes is 1. The Balaban J connectivity index is 2.11. The number of hydrogen-bond acceptors (Lipinski definition) is 3. The van der Waals surface area contributed by atoms with E-state index in [1.165, 1.54) is 0 Å². The van der Waals surface area contributed by atoms with Crippen LogP contribution >= 0.6 is 0 Å². The fourth-order valence-corrected chi connectivity index (χ4v) is 1.56. The zero-order valence-corrected chi connectivity index (χ0v) is 10.2. The van der Waals surface area contributed by atoms with E-state index in [9.17, 15) is 9.59 Å². The molecule has 0 aliphatic carbocycles. The smallest absolute Gasteiger partial charge is 0.251 e. The number of ether oxygens (including phenoxy) is 1. The summed E-state index contributed by atoms with van der Waals surface area (Å²) in [5.41, 5.74) is 0.454. The van der Waals surface area contributed by atoms with E-state index in [1.54, 1.807) is 24.3 Å². The summed E-state index contributed by atoms with van der Waals surface area (Å²) in [5, 5.41) is 2.48. The van der Waals surface area contributed by atoms with Crippen LogP contribution in [0, 0.1) is 0 Å². The van der Waals surface area contributed by atoms with E-state index in [1.807, 2.05) is 30.3 Å². The molecule has 0 radical (unpaired) electrons. The van der Waals surface area contributed by atoms with E-state index >= 15 is 0 Å². The van der Waals surface area contributed by atoms with Gasteiger partial charge in [-0.1, -0.05) is 24.3 Å². The molecule has 96 valence electrons. The maximum absolute atomic E-state index is 11.7. The van der Waals surface area contributed by atoms with Crippen molar-refractivity contribution >= 4 is 12.2 Å². The van der Waals surface area contributed by atoms with E-state index in [4.69, 9.17) is 4.74 Å². The van der Waals surface area contributed by atoms with Gasteiger partial charge in [0.05, 0.1) is 6.54 Å². The van der Waals surface area contributed by atoms with Gasteiger partial charge in [0.1, 0.15) is 17.8 Å². The Morgan fingerprint density at radius 2 is 1.79 bits per heavy atom. The summed E-state index contributed by atoms with van der Waals surface area (Å²) in [6.07, 6.45) is 0.641. The van der Waals surface area contributed by atoms with Gasteiger partial charge in [0.25, 0.3) is 5.91 Å². The minimum atomic E-state index is -0.300. The lowest BCUT2D eigenvalue weighted by Gasteiger charge is -2.07. The Labute approximate surface area is 111 Å². The van der Waals surface area contributed by atoms with Gasteiger partial charge in [0.15, 0.2) is 0 Å². The van der Waals surface area contributed by atoms with Crippen LogP contribution in [0.3, 0.4) is 0 Å². The molecule has 0 aromatic heterocycles. The molecule has 2 aromatic rings. The average molecular weight is 255 g/mol. The van der Waals surface area contributed by atoms with Gasteiger partial charge in [-0.15, -0.1) is 0 Å². The lowest BCUT2D eigenvalue weighted by molar-refractivity contribution is -0.107. The summed E-state index contributed by atoms with van der Waals surface area (Å²) >= 11 is 0. The molecule has 0 aliphatic rings. The molecular formula is C15H13NO3. The Morgan fingerprint density at radius 3 is 2.53 bits per heavy atom. The first-order valence-electron chi connectivity index (χ1n) is 5.84. The van der Waals surface area contributed by atoms with Gasteiger partial charge in [-0.05, 0) is 30.3 Å². The zero-order valence-electron chi connectivity index (χ0n) is 10.2. The number of hydrogen-bond donors (Lipinski definition) is 1. The largest absolute Gasteiger partial charge is 0.457 e. The molecule has 4 nitrogen and oxygen atoms in total. The number of amides is 1. The molecule has 0 atom stereocenters. The molecule has 0 fully saturated rings. The Bertz CT molecular complexity index is 567. The number of rotatable bonds is 5. The first-order valence-corrected chi connectivity index (χ1v) is 5.84. The highest BCUT2D eigenvalue weighted by Gasteiger charge is 2.06. The van der Waals surface area contributed by atoms with Crippen molar-refractivity contribution in [1.29, 1.82) is 0 Å². The zero-order chi connectivity index (χ0) is 13.5. The summed E-state index contributed by atoms with van der Waals surface area (Å²) in [6.45, 7) is 0.00258. The molecule has 0 heterocycles. The molecule has 19 heavy (non-hydrogen) atoms. The highest BCUT2D eigenvalue weighted by Crippen LogP contribution is 2.21. The average Bonchev–Trinajstić information content (AvgIpc) is 2.46. The highest BCUT2D eigenvalue weighted by atomic mass is 16.5. The van der Waals surface area contributed by atoms with E-state index < -0.39 is 0 Å². The predicted molar refractivity (Wildman–Crippen MR) is 71.4 cm³/mol. The van der Waals surface area contributed by atoms with Crippen molar-refractivity contribution in [3.05, 3.63) is 60.2 Å². The summed E-state index contributed by atoms with van der Waals surface area (Å²) in [6, 6.07) is 16.1. The summed E-state index contributed by atoms with van der Waals surface area (Å²) in [7, 11) is 0. The number of para-hydroxylation sites is 1. The molecule has 0 bridgehead atoms. The molecule has 1 N–H and O–H groups in total. The minimum absolute atomic E-state index is 0.00258. The van der Waals surface area contributed by atoms with Crippen LogP contribution < -0.4 is 10.1 Å². The van der Waals surface area contributed by atoms with Gasteiger partial charge in [-0.3, -0.25) is 4.79 Å². The molecule has 0 saturated carbocycles. The monoisotopic (exact) mass is 255 g/mol. The summed E-state index contributed by atoms with van der Waals surface area (Å²) in [5.74, 6) is 0.975. The molecule has 1 amide bonds. The van der Waals surface area contributed by atoms with E-state index in [0.29, 0.717) is 23.3 Å². The SMILES string of the molecule is O=CCNC(=O)c1cccc(Oc2ccccc2)c1. The minimum Gasteiger partial charge on any atom is -0.457 e. The third-order valence-corrected chi connectivity index (χ3v) is 2.42. The van der Waals surface area contributed by atoms with Crippen molar-refractivity contribution in [2.75, 3.05) is 6.54 Å². The summed E-state index contributed by atoms with van der Waals surface area (Å²) < 4.78 is 5.62. The molecule has 0 unspecified atom stereocenters. The van der Waals surface area contributed by atoms with Gasteiger partial charge in [0.2, 0.25) is 0 Å². The first kappa shape index (κ1) is 12.8. The molecule has 0 aliphatic heterocycles. The highest BCUT2D eigenvalue weighted by molar-refractivity contribution is 5.95. The van der Waals surface area contributed by atoms with E-state index in [0.717, 1.165) is 0 Å². The Kier molecular flexibility index (Phi) is 4.29. The van der Waals surface area contributed by atoms with Crippen LogP contribution in [0.25, 0.3) is 0 Å². The second-order valence-electron chi connectivity index (χ2n) is 3.82. The summed E-state index contributed by atoms with van der Waals surface area (Å²) in [4.78, 5) is 21.9. The third-order valence-electron chi connectivity index (χ3n) is 2.42. The maximum Gasteiger partial charge on any atom is 0.251 e. The van der Waals surface area contributed by atoms with E-state index in [-0.39, 0.29) is 12.5 Å². The molecular weight excluding hydrogens is 242 g/mol. The third kappa shape index (κ3) is 3.67. The fraction of sp³-hybridized carbons (Fsp3) is 0.0667. The predicted octanol–water partition coefficient (Wildman–Crippen LogP) is 2.41. The van der Waals surface area contributed by atoms with Crippen LogP contribution in [0.1, 0.15) is 10.4 Å². The van der Waals surface area contributed by atoms with Crippen LogP contribution in [-0.4, -0.2) is 18.7 Å². The number of nitrogens with one attached hydrogen (secondary N) is 1. The van der Waals surface area contributed by atoms with Crippen molar-refractivity contribution in [3.63, 3.8) is 0 Å². The molecule has 4 heteroatoms. The van der Waals surface area contributed by atoms with Gasteiger partial charge in [-0.2, -0.15) is 0 Å². The van der Waals surface area contributed by atoms with E-state index in [2.05, 4.69) is 5.32 Å². The van der Waals surface area contributed by atoms with Crippen molar-refractivity contribution in [3.8, 4) is 11.5 Å². The molecule has 2 aromatic carbocycles. The molecule has 0 saturated heterocycles. The van der Waals surface area contributed by atoms with Crippen molar-refractivity contribution in [1.82, 2.24) is 5.32 Å². The van der Waals surface area contributed by atoms with Gasteiger partial charge >= 0.3 is 0 Å². The maximum atomic E-state index is 11.7. The van der Waals surface area contributed by atoms with Crippen LogP contribution in [0.2, 0.25) is 0 Å². The molecule has 2 rings (SSSR count). The van der Waals surface area contributed by atoms with Crippen molar-refractivity contribution < 1.29 is 14.3 Å². The lowest BCUT2D eigenvalue weighted by atomic mass is 10.2. The standard InChI is InChI=1S/C15H13NO3/c17-10-9-16-15(18)12-5-4-8-14(11-12)19-13-6-2-1-3-7-13/h1-8,10-11H,9H2,(H,16,18). The van der Waals surface area contributed by atoms with Crippen LogP contribution in [0.15, 0.2) is 54.6 Å². The van der Waals surface area contributed by atoms with Gasteiger partial charge < -0.3 is 14.8 Å². The van der Waals surface area contributed by atoms with Crippen LogP contribution in [0.5, 0.6) is 11.5 Å². The first-order chi connectivity index (χ1) is 9.29. The van der Waals surface area contributed by atoms with Gasteiger partial charge in [-0.25, -0.2) is 0 Å². The quantitative estimate of drug-likeness (QED) is 0.835. The Morgan fingerprint density at radius 1 is 1.05 bits per heavy atom. The second kappa shape index (κ2) is 6.35. The Hall–Kier alpha value is -2.62. The fourth-order valence-electron chi connectivity index (χ4n) is 1.56. The lowest BCUT2D eigenvalue weighted by Crippen LogP contribution is -2.24. The van der Waals surface area contributed by atoms with Crippen LogP contribution in [0.4, 0.5) is 0 Å². The topological polar surface area (TPSA) is 55.4 Å². The number of benzene rings is 2. The van der Waals surface area contributed by atoms with Crippen molar-refractivity contribution in [2.45, 2.75) is 0 Å². The van der Waals surface area contributed by atoms with Crippen LogP contribution in [-0.2, 0) is 4.79 Å².